The van der Waals surface area contributed by atoms with Crippen molar-refractivity contribution in [2.24, 2.45) is 0 Å². The number of benzene rings is 2. The second-order valence-corrected chi connectivity index (χ2v) is 9.80. The molecule has 2 aliphatic heterocycles. The molecule has 2 aromatic carbocycles. The Morgan fingerprint density at radius 2 is 1.88 bits per heavy atom. The summed E-state index contributed by atoms with van der Waals surface area (Å²) in [7, 11) is 1.40. The molecule has 0 radical (unpaired) electrons. The third-order valence-corrected chi connectivity index (χ3v) is 7.27. The molecule has 12 heteroatoms. The number of carbonyl (C=O) groups is 2. The number of likely N-dealkylation sites (tertiary alicyclic amines) is 1. The van der Waals surface area contributed by atoms with Crippen molar-refractivity contribution in [1.29, 1.82) is 5.26 Å². The SMILES string of the molecule is COCC1=C(C(=O)NCCCN2CCC(C#N)(c3ccc(F)cc3F)CC2)[C@@H](c2ccc(F)c(F)c2)NC(=O)N1. The number of ether oxygens (including phenoxy) is 1. The van der Waals surface area contributed by atoms with Crippen LogP contribution in [0.15, 0.2) is 47.7 Å². The van der Waals surface area contributed by atoms with Gasteiger partial charge in [0.1, 0.15) is 11.6 Å². The standard InChI is InChI=1S/C28H29F4N5O3/c1-40-15-23-24(25(36-27(39)35-23)17-3-6-20(30)22(32)13-17)26(38)34-9-2-10-37-11-7-28(16-33,8-12-37)19-5-4-18(29)14-21(19)31/h3-6,13-14,25H,2,7-12,15H2,1H3,(H,34,38)(H2,35,36,39)/t25-/m1/s1. The first-order valence-corrected chi connectivity index (χ1v) is 12.8. The van der Waals surface area contributed by atoms with Crippen molar-refractivity contribution in [3.05, 3.63) is 82.1 Å². The van der Waals surface area contributed by atoms with Crippen molar-refractivity contribution in [3.8, 4) is 6.07 Å². The zero-order valence-electron chi connectivity index (χ0n) is 21.8. The molecule has 1 saturated heterocycles. The fourth-order valence-corrected chi connectivity index (χ4v) is 5.16. The minimum Gasteiger partial charge on any atom is -0.378 e. The van der Waals surface area contributed by atoms with Crippen molar-refractivity contribution in [2.75, 3.05) is 39.9 Å². The molecule has 0 aliphatic carbocycles. The molecular weight excluding hydrogens is 530 g/mol. The number of amides is 3. The highest BCUT2D eigenvalue weighted by molar-refractivity contribution is 5.98. The Kier molecular flexibility index (Phi) is 9.07. The van der Waals surface area contributed by atoms with Crippen LogP contribution < -0.4 is 16.0 Å². The summed E-state index contributed by atoms with van der Waals surface area (Å²) in [6.45, 7) is 1.83. The van der Waals surface area contributed by atoms with E-state index in [0.29, 0.717) is 38.9 Å². The quantitative estimate of drug-likeness (QED) is 0.322. The van der Waals surface area contributed by atoms with E-state index in [4.69, 9.17) is 4.74 Å². The fourth-order valence-electron chi connectivity index (χ4n) is 5.16. The van der Waals surface area contributed by atoms with E-state index < -0.39 is 46.7 Å². The van der Waals surface area contributed by atoms with Crippen LogP contribution in [0, 0.1) is 34.6 Å². The molecule has 2 heterocycles. The lowest BCUT2D eigenvalue weighted by molar-refractivity contribution is -0.118. The molecule has 0 spiro atoms. The van der Waals surface area contributed by atoms with E-state index in [0.717, 1.165) is 24.3 Å². The molecule has 0 aromatic heterocycles. The average Bonchev–Trinajstić information content (AvgIpc) is 2.93. The van der Waals surface area contributed by atoms with Gasteiger partial charge in [-0.1, -0.05) is 12.1 Å². The summed E-state index contributed by atoms with van der Waals surface area (Å²) in [5.41, 5.74) is -0.312. The number of methoxy groups -OCH3 is 1. The highest BCUT2D eigenvalue weighted by atomic mass is 19.2. The smallest absolute Gasteiger partial charge is 0.319 e. The summed E-state index contributed by atoms with van der Waals surface area (Å²) in [4.78, 5) is 27.5. The first kappa shape index (κ1) is 29.0. The molecule has 40 heavy (non-hydrogen) atoms. The maximum absolute atomic E-state index is 14.4. The summed E-state index contributed by atoms with van der Waals surface area (Å²) in [5, 5.41) is 17.8. The predicted molar refractivity (Wildman–Crippen MR) is 137 cm³/mol. The molecule has 0 saturated carbocycles. The van der Waals surface area contributed by atoms with Crippen LogP contribution in [0.25, 0.3) is 0 Å². The van der Waals surface area contributed by atoms with Crippen molar-refractivity contribution in [1.82, 2.24) is 20.9 Å². The number of carbonyl (C=O) groups excluding carboxylic acids is 2. The van der Waals surface area contributed by atoms with Crippen molar-refractivity contribution in [2.45, 2.75) is 30.7 Å². The Hall–Kier alpha value is -3.95. The van der Waals surface area contributed by atoms with Gasteiger partial charge in [0.05, 0.1) is 35.4 Å². The summed E-state index contributed by atoms with van der Waals surface area (Å²) in [5.74, 6) is -4.09. The minimum absolute atomic E-state index is 0.0839. The molecule has 2 aliphatic rings. The van der Waals surface area contributed by atoms with Crippen molar-refractivity contribution < 1.29 is 31.9 Å². The van der Waals surface area contributed by atoms with Crippen molar-refractivity contribution in [3.63, 3.8) is 0 Å². The van der Waals surface area contributed by atoms with Gasteiger partial charge in [0.15, 0.2) is 11.6 Å². The van der Waals surface area contributed by atoms with Gasteiger partial charge in [0, 0.05) is 25.3 Å². The molecule has 1 fully saturated rings. The van der Waals surface area contributed by atoms with Crippen LogP contribution in [0.4, 0.5) is 22.4 Å². The van der Waals surface area contributed by atoms with Crippen LogP contribution in [0.1, 0.15) is 36.4 Å². The van der Waals surface area contributed by atoms with Gasteiger partial charge in [0.25, 0.3) is 5.91 Å². The molecule has 0 bridgehead atoms. The maximum Gasteiger partial charge on any atom is 0.319 e. The first-order chi connectivity index (χ1) is 19.2. The van der Waals surface area contributed by atoms with Crippen LogP contribution >= 0.6 is 0 Å². The Morgan fingerprint density at radius 3 is 2.52 bits per heavy atom. The Labute approximate surface area is 229 Å². The van der Waals surface area contributed by atoms with Crippen LogP contribution in [-0.4, -0.2) is 56.7 Å². The van der Waals surface area contributed by atoms with Gasteiger partial charge in [-0.25, -0.2) is 22.4 Å². The van der Waals surface area contributed by atoms with Crippen molar-refractivity contribution >= 4 is 11.9 Å². The zero-order chi connectivity index (χ0) is 28.9. The van der Waals surface area contributed by atoms with E-state index in [1.165, 1.54) is 19.2 Å². The van der Waals surface area contributed by atoms with Gasteiger partial charge in [-0.15, -0.1) is 0 Å². The highest BCUT2D eigenvalue weighted by Crippen LogP contribution is 2.36. The Bertz CT molecular complexity index is 1350. The van der Waals surface area contributed by atoms with Crippen LogP contribution in [-0.2, 0) is 14.9 Å². The Morgan fingerprint density at radius 1 is 1.12 bits per heavy atom. The third-order valence-electron chi connectivity index (χ3n) is 7.27. The average molecular weight is 560 g/mol. The summed E-state index contributed by atoms with van der Waals surface area (Å²) in [6, 6.07) is 7.03. The minimum atomic E-state index is -1.11. The van der Waals surface area contributed by atoms with Crippen LogP contribution in [0.3, 0.4) is 0 Å². The molecule has 4 rings (SSSR count). The molecule has 1 atom stereocenters. The zero-order valence-corrected chi connectivity index (χ0v) is 21.8. The number of nitrogens with zero attached hydrogens (tertiary/aromatic N) is 2. The largest absolute Gasteiger partial charge is 0.378 e. The van der Waals surface area contributed by atoms with Crippen LogP contribution in [0.2, 0.25) is 0 Å². The number of piperidine rings is 1. The molecule has 8 nitrogen and oxygen atoms in total. The lowest BCUT2D eigenvalue weighted by Crippen LogP contribution is -2.48. The molecule has 0 unspecified atom stereocenters. The lowest BCUT2D eigenvalue weighted by atomic mass is 9.73. The van der Waals surface area contributed by atoms with Gasteiger partial charge >= 0.3 is 6.03 Å². The second kappa shape index (κ2) is 12.5. The number of nitriles is 1. The Balaban J connectivity index is 1.36. The number of hydrogen-bond acceptors (Lipinski definition) is 5. The number of hydrogen-bond donors (Lipinski definition) is 3. The summed E-state index contributed by atoms with van der Waals surface area (Å²) in [6.07, 6.45) is 1.32. The van der Waals surface area contributed by atoms with E-state index >= 15 is 0 Å². The van der Waals surface area contributed by atoms with Crippen LogP contribution in [0.5, 0.6) is 0 Å². The van der Waals surface area contributed by atoms with Gasteiger partial charge in [-0.05, 0) is 62.7 Å². The molecular formula is C28H29F4N5O3. The number of urea groups is 1. The molecule has 212 valence electrons. The third kappa shape index (κ3) is 6.26. The fraction of sp³-hybridized carbons (Fsp3) is 0.393. The maximum atomic E-state index is 14.4. The summed E-state index contributed by atoms with van der Waals surface area (Å²) >= 11 is 0. The van der Waals surface area contributed by atoms with E-state index in [1.54, 1.807) is 0 Å². The lowest BCUT2D eigenvalue weighted by Gasteiger charge is -2.37. The molecule has 3 amide bonds. The van der Waals surface area contributed by atoms with E-state index in [1.807, 2.05) is 0 Å². The van der Waals surface area contributed by atoms with E-state index in [-0.39, 0.29) is 35.5 Å². The molecule has 3 N–H and O–H groups in total. The number of nitrogens with one attached hydrogen (secondary N) is 3. The topological polar surface area (TPSA) is 106 Å². The number of halogens is 4. The van der Waals surface area contributed by atoms with E-state index in [9.17, 15) is 32.4 Å². The second-order valence-electron chi connectivity index (χ2n) is 9.80. The molecule has 2 aromatic rings. The first-order valence-electron chi connectivity index (χ1n) is 12.8. The summed E-state index contributed by atoms with van der Waals surface area (Å²) < 4.78 is 60.3. The predicted octanol–water partition coefficient (Wildman–Crippen LogP) is 3.56. The van der Waals surface area contributed by atoms with Gasteiger partial charge in [-0.2, -0.15) is 5.26 Å². The highest BCUT2D eigenvalue weighted by Gasteiger charge is 2.38. The monoisotopic (exact) mass is 559 g/mol. The van der Waals surface area contributed by atoms with Gasteiger partial charge < -0.3 is 25.6 Å². The number of rotatable bonds is 9. The van der Waals surface area contributed by atoms with E-state index in [2.05, 4.69) is 26.9 Å². The normalized spacial score (nSPS) is 19.0. The van der Waals surface area contributed by atoms with Gasteiger partial charge in [0.2, 0.25) is 0 Å². The van der Waals surface area contributed by atoms with Gasteiger partial charge in [-0.3, -0.25) is 4.79 Å².